The monoisotopic (exact) mass is 225 g/mol. The SMILES string of the molecule is COC(C)(CN=NC(C)(C)C)CC(C)C#N. The maximum atomic E-state index is 8.79. The average Bonchev–Trinajstić information content (AvgIpc) is 2.15. The fraction of sp³-hybridized carbons (Fsp3) is 0.917. The lowest BCUT2D eigenvalue weighted by Gasteiger charge is -2.27. The number of hydrogen-bond acceptors (Lipinski definition) is 4. The maximum Gasteiger partial charge on any atom is 0.0887 e. The van der Waals surface area contributed by atoms with Crippen molar-refractivity contribution in [2.75, 3.05) is 13.7 Å². The van der Waals surface area contributed by atoms with E-state index in [4.69, 9.17) is 10.00 Å². The van der Waals surface area contributed by atoms with Gasteiger partial charge in [0.1, 0.15) is 0 Å². The molecule has 0 aromatic carbocycles. The Morgan fingerprint density at radius 3 is 2.25 bits per heavy atom. The second kappa shape index (κ2) is 5.95. The number of nitriles is 1. The summed E-state index contributed by atoms with van der Waals surface area (Å²) in [5, 5.41) is 17.1. The van der Waals surface area contributed by atoms with Gasteiger partial charge in [-0.05, 0) is 41.0 Å². The molecule has 0 radical (unpaired) electrons. The molecule has 0 amide bonds. The van der Waals surface area contributed by atoms with Crippen LogP contribution in [-0.4, -0.2) is 24.8 Å². The molecule has 0 fully saturated rings. The van der Waals surface area contributed by atoms with E-state index in [9.17, 15) is 0 Å². The van der Waals surface area contributed by atoms with E-state index in [2.05, 4.69) is 16.3 Å². The van der Waals surface area contributed by atoms with E-state index in [0.29, 0.717) is 13.0 Å². The minimum Gasteiger partial charge on any atom is -0.376 e. The van der Waals surface area contributed by atoms with Gasteiger partial charge in [-0.2, -0.15) is 15.5 Å². The molecule has 0 N–H and O–H groups in total. The minimum absolute atomic E-state index is 0.0326. The van der Waals surface area contributed by atoms with E-state index in [1.807, 2.05) is 34.6 Å². The van der Waals surface area contributed by atoms with Gasteiger partial charge < -0.3 is 4.74 Å². The Morgan fingerprint density at radius 2 is 1.88 bits per heavy atom. The van der Waals surface area contributed by atoms with E-state index in [1.54, 1.807) is 7.11 Å². The first kappa shape index (κ1) is 15.0. The molecule has 92 valence electrons. The van der Waals surface area contributed by atoms with Crippen LogP contribution in [0.25, 0.3) is 0 Å². The van der Waals surface area contributed by atoms with Crippen molar-refractivity contribution < 1.29 is 4.74 Å². The average molecular weight is 225 g/mol. The van der Waals surface area contributed by atoms with Crippen molar-refractivity contribution >= 4 is 0 Å². The zero-order valence-corrected chi connectivity index (χ0v) is 11.2. The third kappa shape index (κ3) is 6.52. The van der Waals surface area contributed by atoms with E-state index in [1.165, 1.54) is 0 Å². The largest absolute Gasteiger partial charge is 0.376 e. The van der Waals surface area contributed by atoms with E-state index in [-0.39, 0.29) is 11.5 Å². The van der Waals surface area contributed by atoms with Gasteiger partial charge in [0, 0.05) is 13.0 Å². The van der Waals surface area contributed by atoms with Crippen LogP contribution in [-0.2, 0) is 4.74 Å². The molecule has 0 aliphatic rings. The van der Waals surface area contributed by atoms with Crippen molar-refractivity contribution in [2.45, 2.75) is 52.2 Å². The van der Waals surface area contributed by atoms with Crippen LogP contribution in [0.15, 0.2) is 10.2 Å². The minimum atomic E-state index is -0.399. The smallest absolute Gasteiger partial charge is 0.0887 e. The Hall–Kier alpha value is -0.950. The standard InChI is InChI=1S/C12H23N3O/c1-10(8-13)7-12(5,16-6)9-14-15-11(2,3)4/h10H,7,9H2,1-6H3. The molecule has 0 aromatic rings. The molecule has 0 saturated carbocycles. The van der Waals surface area contributed by atoms with E-state index < -0.39 is 5.60 Å². The maximum absolute atomic E-state index is 8.79. The highest BCUT2D eigenvalue weighted by molar-refractivity contribution is 4.88. The zero-order valence-electron chi connectivity index (χ0n) is 11.2. The molecular weight excluding hydrogens is 202 g/mol. The normalized spacial score (nSPS) is 18.1. The Kier molecular flexibility index (Phi) is 5.60. The number of hydrogen-bond donors (Lipinski definition) is 0. The Bertz CT molecular complexity index is 275. The highest BCUT2D eigenvalue weighted by Gasteiger charge is 2.26. The summed E-state index contributed by atoms with van der Waals surface area (Å²) < 4.78 is 5.42. The van der Waals surface area contributed by atoms with Crippen LogP contribution >= 0.6 is 0 Å². The lowest BCUT2D eigenvalue weighted by molar-refractivity contribution is -0.000837. The summed E-state index contributed by atoms with van der Waals surface area (Å²) in [5.74, 6) is -0.0326. The molecule has 2 unspecified atom stereocenters. The number of rotatable bonds is 5. The lowest BCUT2D eigenvalue weighted by Crippen LogP contribution is -2.33. The van der Waals surface area contributed by atoms with Crippen molar-refractivity contribution in [2.24, 2.45) is 16.1 Å². The van der Waals surface area contributed by atoms with Crippen molar-refractivity contribution in [3.05, 3.63) is 0 Å². The summed E-state index contributed by atoms with van der Waals surface area (Å²) in [6, 6.07) is 2.21. The summed E-state index contributed by atoms with van der Waals surface area (Å²) in [4.78, 5) is 0. The fourth-order valence-corrected chi connectivity index (χ4v) is 1.30. The van der Waals surface area contributed by atoms with Gasteiger partial charge in [-0.25, -0.2) is 0 Å². The van der Waals surface area contributed by atoms with Crippen molar-refractivity contribution in [3.8, 4) is 6.07 Å². The predicted molar refractivity (Wildman–Crippen MR) is 64.3 cm³/mol. The van der Waals surface area contributed by atoms with Gasteiger partial charge in [-0.1, -0.05) is 0 Å². The Balaban J connectivity index is 4.39. The molecule has 0 spiro atoms. The number of azo groups is 1. The van der Waals surface area contributed by atoms with Gasteiger partial charge in [0.05, 0.1) is 23.8 Å². The molecule has 0 saturated heterocycles. The van der Waals surface area contributed by atoms with Gasteiger partial charge in [0.15, 0.2) is 0 Å². The molecule has 16 heavy (non-hydrogen) atoms. The lowest BCUT2D eigenvalue weighted by atomic mass is 9.94. The number of nitrogens with zero attached hydrogens (tertiary/aromatic N) is 3. The molecule has 0 aliphatic carbocycles. The van der Waals surface area contributed by atoms with Crippen LogP contribution in [0, 0.1) is 17.2 Å². The van der Waals surface area contributed by atoms with Crippen molar-refractivity contribution in [1.29, 1.82) is 5.26 Å². The van der Waals surface area contributed by atoms with Crippen LogP contribution in [0.2, 0.25) is 0 Å². The van der Waals surface area contributed by atoms with Gasteiger partial charge in [-0.15, -0.1) is 0 Å². The van der Waals surface area contributed by atoms with Gasteiger partial charge in [0.2, 0.25) is 0 Å². The quantitative estimate of drug-likeness (QED) is 0.675. The van der Waals surface area contributed by atoms with Crippen LogP contribution in [0.5, 0.6) is 0 Å². The summed E-state index contributed by atoms with van der Waals surface area (Å²) in [7, 11) is 1.65. The number of methoxy groups -OCH3 is 1. The molecule has 4 nitrogen and oxygen atoms in total. The summed E-state index contributed by atoms with van der Waals surface area (Å²) in [5.41, 5.74) is -0.556. The predicted octanol–water partition coefficient (Wildman–Crippen LogP) is 3.19. The van der Waals surface area contributed by atoms with Gasteiger partial charge >= 0.3 is 0 Å². The Morgan fingerprint density at radius 1 is 1.31 bits per heavy atom. The van der Waals surface area contributed by atoms with Crippen LogP contribution in [0.1, 0.15) is 41.0 Å². The van der Waals surface area contributed by atoms with E-state index in [0.717, 1.165) is 0 Å². The topological polar surface area (TPSA) is 57.7 Å². The molecule has 0 bridgehead atoms. The summed E-state index contributed by atoms with van der Waals surface area (Å²) in [6.45, 7) is 10.3. The second-order valence-electron chi connectivity index (χ2n) is 5.46. The highest BCUT2D eigenvalue weighted by Crippen LogP contribution is 2.21. The van der Waals surface area contributed by atoms with Gasteiger partial charge in [-0.3, -0.25) is 0 Å². The summed E-state index contributed by atoms with van der Waals surface area (Å²) >= 11 is 0. The molecule has 0 heterocycles. The molecular formula is C12H23N3O. The zero-order chi connectivity index (χ0) is 12.8. The van der Waals surface area contributed by atoms with E-state index >= 15 is 0 Å². The van der Waals surface area contributed by atoms with Crippen molar-refractivity contribution in [1.82, 2.24) is 0 Å². The van der Waals surface area contributed by atoms with Crippen molar-refractivity contribution in [3.63, 3.8) is 0 Å². The first-order valence-electron chi connectivity index (χ1n) is 5.56. The first-order valence-corrected chi connectivity index (χ1v) is 5.56. The molecule has 0 aliphatic heterocycles. The van der Waals surface area contributed by atoms with Crippen LogP contribution in [0.3, 0.4) is 0 Å². The van der Waals surface area contributed by atoms with Crippen LogP contribution < -0.4 is 0 Å². The van der Waals surface area contributed by atoms with Gasteiger partial charge in [0.25, 0.3) is 0 Å². The molecule has 0 aromatic heterocycles. The third-order valence-corrected chi connectivity index (χ3v) is 2.23. The molecule has 0 rings (SSSR count). The number of ether oxygens (including phenoxy) is 1. The fourth-order valence-electron chi connectivity index (χ4n) is 1.30. The second-order valence-corrected chi connectivity index (χ2v) is 5.46. The third-order valence-electron chi connectivity index (χ3n) is 2.23. The van der Waals surface area contributed by atoms with Crippen LogP contribution in [0.4, 0.5) is 0 Å². The summed E-state index contributed by atoms with van der Waals surface area (Å²) in [6.07, 6.45) is 0.670. The molecule has 2 atom stereocenters. The Labute approximate surface area is 98.7 Å². The molecule has 4 heteroatoms. The first-order chi connectivity index (χ1) is 7.22. The highest BCUT2D eigenvalue weighted by atomic mass is 16.5.